The summed E-state index contributed by atoms with van der Waals surface area (Å²) in [5.41, 5.74) is 2.37. The van der Waals surface area contributed by atoms with Crippen LogP contribution in [0.25, 0.3) is 0 Å². The summed E-state index contributed by atoms with van der Waals surface area (Å²) in [7, 11) is 1.85. The summed E-state index contributed by atoms with van der Waals surface area (Å²) in [6, 6.07) is 12.3. The molecule has 7 nitrogen and oxygen atoms in total. The highest BCUT2D eigenvalue weighted by atomic mass is 35.5. The minimum atomic E-state index is 0.238. The van der Waals surface area contributed by atoms with Crippen LogP contribution in [0.15, 0.2) is 47.6 Å². The highest BCUT2D eigenvalue weighted by Gasteiger charge is 2.21. The van der Waals surface area contributed by atoms with E-state index in [1.807, 2.05) is 31.4 Å². The van der Waals surface area contributed by atoms with Crippen molar-refractivity contribution in [2.45, 2.75) is 19.6 Å². The Morgan fingerprint density at radius 2 is 2.00 bits per heavy atom. The predicted octanol–water partition coefficient (Wildman–Crippen LogP) is 2.86. The van der Waals surface area contributed by atoms with Gasteiger partial charge in [0.25, 0.3) is 0 Å². The number of aliphatic imine (C=N–C) groups is 1. The molecular formula is C23H31ClN6O. The fourth-order valence-corrected chi connectivity index (χ4v) is 4.32. The van der Waals surface area contributed by atoms with Crippen LogP contribution < -0.4 is 15.1 Å². The topological polar surface area (TPSA) is 56.2 Å². The van der Waals surface area contributed by atoms with Crippen LogP contribution in [0.5, 0.6) is 0 Å². The molecule has 2 fully saturated rings. The Hall–Kier alpha value is -2.51. The van der Waals surface area contributed by atoms with Gasteiger partial charge in [0.1, 0.15) is 5.82 Å². The Kier molecular flexibility index (Phi) is 7.14. The monoisotopic (exact) mass is 442 g/mol. The lowest BCUT2D eigenvalue weighted by molar-refractivity contribution is 0.0529. The molecule has 0 aliphatic carbocycles. The molecule has 0 radical (unpaired) electrons. The smallest absolute Gasteiger partial charge is 0.194 e. The standard InChI is InChI=1S/C23H31ClN6O/c1-18-17-30(12-13-31-18)22-14-19(6-7-26-22)16-27-23(25-2)29-10-8-28(9-11-29)21-5-3-4-20(24)15-21/h3-7,14-15,18H,8-13,16-17H2,1-2H3,(H,25,27). The number of hydrogen-bond donors (Lipinski definition) is 1. The van der Waals surface area contributed by atoms with Gasteiger partial charge in [-0.15, -0.1) is 0 Å². The molecule has 8 heteroatoms. The van der Waals surface area contributed by atoms with Gasteiger partial charge in [-0.1, -0.05) is 17.7 Å². The number of nitrogens with one attached hydrogen (secondary N) is 1. The zero-order chi connectivity index (χ0) is 21.6. The highest BCUT2D eigenvalue weighted by Crippen LogP contribution is 2.21. The molecule has 2 aromatic rings. The summed E-state index contributed by atoms with van der Waals surface area (Å²) < 4.78 is 5.65. The van der Waals surface area contributed by atoms with Gasteiger partial charge in [-0.25, -0.2) is 4.98 Å². The minimum absolute atomic E-state index is 0.238. The lowest BCUT2D eigenvalue weighted by Gasteiger charge is -2.37. The third-order valence-electron chi connectivity index (χ3n) is 5.79. The van der Waals surface area contributed by atoms with Gasteiger partial charge >= 0.3 is 0 Å². The average Bonchev–Trinajstić information content (AvgIpc) is 2.80. The van der Waals surface area contributed by atoms with E-state index in [9.17, 15) is 0 Å². The summed E-state index contributed by atoms with van der Waals surface area (Å²) in [6.45, 7) is 9.04. The molecule has 0 bridgehead atoms. The highest BCUT2D eigenvalue weighted by molar-refractivity contribution is 6.30. The Labute approximate surface area is 189 Å². The second kappa shape index (κ2) is 10.2. The van der Waals surface area contributed by atoms with Crippen molar-refractivity contribution in [2.75, 3.05) is 62.7 Å². The molecule has 0 spiro atoms. The van der Waals surface area contributed by atoms with Gasteiger partial charge in [0.15, 0.2) is 5.96 Å². The van der Waals surface area contributed by atoms with E-state index in [0.29, 0.717) is 0 Å². The molecule has 2 aliphatic heterocycles. The quantitative estimate of drug-likeness (QED) is 0.580. The first kappa shape index (κ1) is 21.7. The largest absolute Gasteiger partial charge is 0.375 e. The molecule has 0 saturated carbocycles. The molecule has 2 aliphatic rings. The molecule has 4 rings (SSSR count). The van der Waals surface area contributed by atoms with Crippen LogP contribution in [-0.4, -0.2) is 74.9 Å². The number of ether oxygens (including phenoxy) is 1. The van der Waals surface area contributed by atoms with E-state index >= 15 is 0 Å². The van der Waals surface area contributed by atoms with Crippen molar-refractivity contribution >= 4 is 29.1 Å². The molecule has 2 saturated heterocycles. The molecule has 1 atom stereocenters. The van der Waals surface area contributed by atoms with Gasteiger partial charge in [0, 0.05) is 69.8 Å². The van der Waals surface area contributed by atoms with E-state index in [1.54, 1.807) is 0 Å². The first-order chi connectivity index (χ1) is 15.1. The number of pyridine rings is 1. The van der Waals surface area contributed by atoms with Crippen molar-refractivity contribution in [1.82, 2.24) is 15.2 Å². The third kappa shape index (κ3) is 5.60. The number of anilines is 2. The van der Waals surface area contributed by atoms with Crippen molar-refractivity contribution in [1.29, 1.82) is 0 Å². The van der Waals surface area contributed by atoms with Gasteiger partial charge < -0.3 is 24.8 Å². The SMILES string of the molecule is CN=C(NCc1ccnc(N2CCOC(C)C2)c1)N1CCN(c2cccc(Cl)c2)CC1. The van der Waals surface area contributed by atoms with E-state index < -0.39 is 0 Å². The average molecular weight is 443 g/mol. The van der Waals surface area contributed by atoms with Crippen LogP contribution in [0, 0.1) is 0 Å². The number of halogens is 1. The van der Waals surface area contributed by atoms with E-state index in [2.05, 4.69) is 55.1 Å². The number of aromatic nitrogens is 1. The van der Waals surface area contributed by atoms with Gasteiger partial charge in [-0.3, -0.25) is 4.99 Å². The minimum Gasteiger partial charge on any atom is -0.375 e. The molecule has 1 aromatic carbocycles. The number of nitrogens with zero attached hydrogens (tertiary/aromatic N) is 5. The molecule has 166 valence electrons. The molecule has 3 heterocycles. The maximum Gasteiger partial charge on any atom is 0.194 e. The lowest BCUT2D eigenvalue weighted by Crippen LogP contribution is -2.52. The number of morpholine rings is 1. The zero-order valence-corrected chi connectivity index (χ0v) is 19.1. The van der Waals surface area contributed by atoms with E-state index in [0.717, 1.165) is 69.2 Å². The van der Waals surface area contributed by atoms with Crippen molar-refractivity contribution in [3.05, 3.63) is 53.2 Å². The number of hydrogen-bond acceptors (Lipinski definition) is 5. The Morgan fingerprint density at radius 1 is 1.16 bits per heavy atom. The van der Waals surface area contributed by atoms with Crippen LogP contribution in [0.4, 0.5) is 11.5 Å². The molecule has 0 amide bonds. The van der Waals surface area contributed by atoms with E-state index in [1.165, 1.54) is 11.3 Å². The Morgan fingerprint density at radius 3 is 2.74 bits per heavy atom. The summed E-state index contributed by atoms with van der Waals surface area (Å²) in [5.74, 6) is 1.95. The van der Waals surface area contributed by atoms with Gasteiger partial charge in [0.05, 0.1) is 12.7 Å². The van der Waals surface area contributed by atoms with Gasteiger partial charge in [-0.05, 0) is 42.8 Å². The summed E-state index contributed by atoms with van der Waals surface area (Å²) in [6.07, 6.45) is 2.13. The predicted molar refractivity (Wildman–Crippen MR) is 127 cm³/mol. The molecule has 31 heavy (non-hydrogen) atoms. The normalized spacial score (nSPS) is 20.2. The molecule has 1 N–H and O–H groups in total. The number of rotatable bonds is 4. The summed E-state index contributed by atoms with van der Waals surface area (Å²) in [4.78, 5) is 16.0. The number of benzene rings is 1. The van der Waals surface area contributed by atoms with E-state index in [-0.39, 0.29) is 6.10 Å². The van der Waals surface area contributed by atoms with Crippen LogP contribution in [0.2, 0.25) is 5.02 Å². The Balaban J connectivity index is 1.32. The maximum absolute atomic E-state index is 6.15. The molecule has 1 aromatic heterocycles. The van der Waals surface area contributed by atoms with Crippen LogP contribution in [0.3, 0.4) is 0 Å². The van der Waals surface area contributed by atoms with Gasteiger partial charge in [0.2, 0.25) is 0 Å². The fourth-order valence-electron chi connectivity index (χ4n) is 4.13. The third-order valence-corrected chi connectivity index (χ3v) is 6.03. The maximum atomic E-state index is 6.15. The van der Waals surface area contributed by atoms with Gasteiger partial charge in [-0.2, -0.15) is 0 Å². The summed E-state index contributed by atoms with van der Waals surface area (Å²) in [5, 5.41) is 4.30. The van der Waals surface area contributed by atoms with Crippen molar-refractivity contribution in [2.24, 2.45) is 4.99 Å². The second-order valence-corrected chi connectivity index (χ2v) is 8.44. The Bertz CT molecular complexity index is 899. The molecular weight excluding hydrogens is 412 g/mol. The fraction of sp³-hybridized carbons (Fsp3) is 0.478. The number of guanidine groups is 1. The van der Waals surface area contributed by atoms with Crippen LogP contribution >= 0.6 is 11.6 Å². The van der Waals surface area contributed by atoms with E-state index in [4.69, 9.17) is 16.3 Å². The van der Waals surface area contributed by atoms with Crippen molar-refractivity contribution in [3.63, 3.8) is 0 Å². The van der Waals surface area contributed by atoms with Crippen molar-refractivity contribution in [3.8, 4) is 0 Å². The van der Waals surface area contributed by atoms with Crippen molar-refractivity contribution < 1.29 is 4.74 Å². The number of piperazine rings is 1. The zero-order valence-electron chi connectivity index (χ0n) is 18.3. The van der Waals surface area contributed by atoms with Crippen LogP contribution in [-0.2, 0) is 11.3 Å². The molecule has 1 unspecified atom stereocenters. The first-order valence-corrected chi connectivity index (χ1v) is 11.3. The summed E-state index contributed by atoms with van der Waals surface area (Å²) >= 11 is 6.15. The lowest BCUT2D eigenvalue weighted by atomic mass is 10.2. The first-order valence-electron chi connectivity index (χ1n) is 10.9. The second-order valence-electron chi connectivity index (χ2n) is 8.00. The van der Waals surface area contributed by atoms with Crippen LogP contribution in [0.1, 0.15) is 12.5 Å².